The maximum Gasteiger partial charge on any atom is 0.124 e. The Hall–Kier alpha value is -1.13. The van der Waals surface area contributed by atoms with E-state index >= 15 is 0 Å². The molecule has 1 aromatic heterocycles. The molecular formula is C13H13BrFNO. The Bertz CT molecular complexity index is 522. The predicted octanol–water partition coefficient (Wildman–Crippen LogP) is 3.49. The molecule has 0 saturated heterocycles. The van der Waals surface area contributed by atoms with Crippen LogP contribution in [-0.4, -0.2) is 9.67 Å². The minimum absolute atomic E-state index is 0.260. The van der Waals surface area contributed by atoms with Crippen molar-refractivity contribution in [3.05, 3.63) is 58.1 Å². The van der Waals surface area contributed by atoms with E-state index in [4.69, 9.17) is 0 Å². The van der Waals surface area contributed by atoms with Crippen molar-refractivity contribution in [1.82, 2.24) is 4.57 Å². The van der Waals surface area contributed by atoms with E-state index in [9.17, 15) is 9.50 Å². The van der Waals surface area contributed by atoms with Crippen LogP contribution in [0.15, 0.2) is 41.0 Å². The minimum atomic E-state index is -0.510. The summed E-state index contributed by atoms with van der Waals surface area (Å²) in [5, 5.41) is 9.59. The van der Waals surface area contributed by atoms with E-state index in [1.54, 1.807) is 13.0 Å². The third kappa shape index (κ3) is 2.76. The van der Waals surface area contributed by atoms with Gasteiger partial charge in [-0.25, -0.2) is 4.39 Å². The number of nitrogens with zero attached hydrogens (tertiary/aromatic N) is 1. The maximum atomic E-state index is 13.0. The molecule has 1 aromatic carbocycles. The van der Waals surface area contributed by atoms with Crippen molar-refractivity contribution < 1.29 is 9.50 Å². The number of benzene rings is 1. The molecule has 0 bridgehead atoms. The van der Waals surface area contributed by atoms with Crippen LogP contribution >= 0.6 is 15.9 Å². The Kier molecular flexibility index (Phi) is 3.64. The minimum Gasteiger partial charge on any atom is -0.387 e. The average Bonchev–Trinajstić information content (AvgIpc) is 2.70. The number of halogens is 2. The van der Waals surface area contributed by atoms with Crippen LogP contribution in [0, 0.1) is 5.82 Å². The average molecular weight is 298 g/mol. The van der Waals surface area contributed by atoms with E-state index in [0.717, 1.165) is 15.7 Å². The SMILES string of the molecule is CC(O)c1cccn1Cc1ccc(F)cc1Br. The van der Waals surface area contributed by atoms with Gasteiger partial charge in [0.1, 0.15) is 5.82 Å². The highest BCUT2D eigenvalue weighted by molar-refractivity contribution is 9.10. The predicted molar refractivity (Wildman–Crippen MR) is 68.3 cm³/mol. The second-order valence-corrected chi connectivity index (χ2v) is 4.83. The van der Waals surface area contributed by atoms with Gasteiger partial charge in [0.05, 0.1) is 6.10 Å². The monoisotopic (exact) mass is 297 g/mol. The number of aliphatic hydroxyl groups excluding tert-OH is 1. The molecule has 0 radical (unpaired) electrons. The summed E-state index contributed by atoms with van der Waals surface area (Å²) in [6, 6.07) is 8.39. The summed E-state index contributed by atoms with van der Waals surface area (Å²) in [5.74, 6) is -0.260. The fraction of sp³-hybridized carbons (Fsp3) is 0.231. The van der Waals surface area contributed by atoms with Gasteiger partial charge < -0.3 is 9.67 Å². The van der Waals surface area contributed by atoms with E-state index in [1.807, 2.05) is 22.9 Å². The van der Waals surface area contributed by atoms with Crippen LogP contribution < -0.4 is 0 Å². The molecular weight excluding hydrogens is 285 g/mol. The molecule has 17 heavy (non-hydrogen) atoms. The van der Waals surface area contributed by atoms with Gasteiger partial charge in [0.25, 0.3) is 0 Å². The van der Waals surface area contributed by atoms with Crippen LogP contribution in [-0.2, 0) is 6.54 Å². The number of aliphatic hydroxyl groups is 1. The van der Waals surface area contributed by atoms with Crippen molar-refractivity contribution in [2.75, 3.05) is 0 Å². The zero-order valence-corrected chi connectivity index (χ0v) is 11.0. The van der Waals surface area contributed by atoms with Crippen LogP contribution in [0.5, 0.6) is 0 Å². The zero-order chi connectivity index (χ0) is 12.4. The Labute approximate surface area is 108 Å². The molecule has 1 atom stereocenters. The van der Waals surface area contributed by atoms with Gasteiger partial charge in [0, 0.05) is 22.9 Å². The van der Waals surface area contributed by atoms with Crippen molar-refractivity contribution in [2.45, 2.75) is 19.6 Å². The van der Waals surface area contributed by atoms with Crippen LogP contribution in [0.25, 0.3) is 0 Å². The molecule has 0 amide bonds. The molecule has 0 spiro atoms. The van der Waals surface area contributed by atoms with E-state index in [1.165, 1.54) is 12.1 Å². The molecule has 4 heteroatoms. The van der Waals surface area contributed by atoms with E-state index < -0.39 is 6.10 Å². The highest BCUT2D eigenvalue weighted by Crippen LogP contribution is 2.21. The number of hydrogen-bond acceptors (Lipinski definition) is 1. The molecule has 1 unspecified atom stereocenters. The summed E-state index contributed by atoms with van der Waals surface area (Å²) in [7, 11) is 0. The molecule has 1 heterocycles. The van der Waals surface area contributed by atoms with Gasteiger partial charge in [-0.1, -0.05) is 22.0 Å². The number of hydrogen-bond donors (Lipinski definition) is 1. The summed E-state index contributed by atoms with van der Waals surface area (Å²) in [4.78, 5) is 0. The van der Waals surface area contributed by atoms with Gasteiger partial charge in [-0.2, -0.15) is 0 Å². The number of rotatable bonds is 3. The standard InChI is InChI=1S/C13H13BrFNO/c1-9(17)13-3-2-6-16(13)8-10-4-5-11(15)7-12(10)14/h2-7,9,17H,8H2,1H3. The van der Waals surface area contributed by atoms with Crippen molar-refractivity contribution in [3.63, 3.8) is 0 Å². The fourth-order valence-corrected chi connectivity index (χ4v) is 2.26. The fourth-order valence-electron chi connectivity index (χ4n) is 1.78. The van der Waals surface area contributed by atoms with Gasteiger partial charge in [-0.05, 0) is 36.8 Å². The van der Waals surface area contributed by atoms with Crippen molar-refractivity contribution in [2.24, 2.45) is 0 Å². The first-order chi connectivity index (χ1) is 8.08. The van der Waals surface area contributed by atoms with Gasteiger partial charge >= 0.3 is 0 Å². The van der Waals surface area contributed by atoms with E-state index in [-0.39, 0.29) is 5.82 Å². The lowest BCUT2D eigenvalue weighted by atomic mass is 10.2. The molecule has 2 rings (SSSR count). The largest absolute Gasteiger partial charge is 0.387 e. The molecule has 0 aliphatic rings. The van der Waals surface area contributed by atoms with Crippen molar-refractivity contribution in [1.29, 1.82) is 0 Å². The smallest absolute Gasteiger partial charge is 0.124 e. The summed E-state index contributed by atoms with van der Waals surface area (Å²) in [6.07, 6.45) is 1.39. The van der Waals surface area contributed by atoms with Gasteiger partial charge in [0.15, 0.2) is 0 Å². The summed E-state index contributed by atoms with van der Waals surface area (Å²) >= 11 is 3.34. The Morgan fingerprint density at radius 1 is 1.41 bits per heavy atom. The highest BCUT2D eigenvalue weighted by atomic mass is 79.9. The lowest BCUT2D eigenvalue weighted by Crippen LogP contribution is -2.06. The lowest BCUT2D eigenvalue weighted by Gasteiger charge is -2.12. The molecule has 90 valence electrons. The van der Waals surface area contributed by atoms with Gasteiger partial charge in [-0.3, -0.25) is 0 Å². The Morgan fingerprint density at radius 3 is 2.82 bits per heavy atom. The second-order valence-electron chi connectivity index (χ2n) is 3.97. The Morgan fingerprint density at radius 2 is 2.18 bits per heavy atom. The maximum absolute atomic E-state index is 13.0. The molecule has 0 fully saturated rings. The summed E-state index contributed by atoms with van der Waals surface area (Å²) in [5.41, 5.74) is 1.82. The summed E-state index contributed by atoms with van der Waals surface area (Å²) in [6.45, 7) is 2.33. The van der Waals surface area contributed by atoms with Gasteiger partial charge in [-0.15, -0.1) is 0 Å². The topological polar surface area (TPSA) is 25.2 Å². The second kappa shape index (κ2) is 5.02. The first-order valence-electron chi connectivity index (χ1n) is 5.35. The molecule has 2 aromatic rings. The lowest BCUT2D eigenvalue weighted by molar-refractivity contribution is 0.190. The molecule has 0 saturated carbocycles. The normalized spacial score (nSPS) is 12.7. The number of aromatic nitrogens is 1. The first kappa shape index (κ1) is 12.3. The van der Waals surface area contributed by atoms with Crippen LogP contribution in [0.4, 0.5) is 4.39 Å². The van der Waals surface area contributed by atoms with Gasteiger partial charge in [0.2, 0.25) is 0 Å². The van der Waals surface area contributed by atoms with E-state index in [2.05, 4.69) is 15.9 Å². The zero-order valence-electron chi connectivity index (χ0n) is 9.40. The molecule has 0 aliphatic carbocycles. The Balaban J connectivity index is 2.28. The van der Waals surface area contributed by atoms with Crippen LogP contribution in [0.2, 0.25) is 0 Å². The van der Waals surface area contributed by atoms with Crippen LogP contribution in [0.3, 0.4) is 0 Å². The van der Waals surface area contributed by atoms with Crippen LogP contribution in [0.1, 0.15) is 24.3 Å². The molecule has 2 nitrogen and oxygen atoms in total. The third-order valence-corrected chi connectivity index (χ3v) is 3.39. The van der Waals surface area contributed by atoms with Crippen molar-refractivity contribution >= 4 is 15.9 Å². The molecule has 1 N–H and O–H groups in total. The first-order valence-corrected chi connectivity index (χ1v) is 6.14. The molecule has 0 aliphatic heterocycles. The summed E-state index contributed by atoms with van der Waals surface area (Å²) < 4.78 is 15.6. The quantitative estimate of drug-likeness (QED) is 0.922. The highest BCUT2D eigenvalue weighted by Gasteiger charge is 2.08. The third-order valence-electron chi connectivity index (χ3n) is 2.65. The van der Waals surface area contributed by atoms with Crippen molar-refractivity contribution in [3.8, 4) is 0 Å². The van der Waals surface area contributed by atoms with E-state index in [0.29, 0.717) is 6.54 Å².